The van der Waals surface area contributed by atoms with Gasteiger partial charge in [0.1, 0.15) is 0 Å². The molecular weight excluding hydrogens is 344 g/mol. The number of aliphatic hydroxyl groups excluding tert-OH is 1. The van der Waals surface area contributed by atoms with Gasteiger partial charge in [-0.1, -0.05) is 0 Å². The summed E-state index contributed by atoms with van der Waals surface area (Å²) in [6.07, 6.45) is 5.47. The molecule has 0 aromatic carbocycles. The molecule has 0 aliphatic carbocycles. The Balaban J connectivity index is 1.37. The predicted octanol–water partition coefficient (Wildman–Crippen LogP) is 0.798. The van der Waals surface area contributed by atoms with Gasteiger partial charge in [0.25, 0.3) is 0 Å². The summed E-state index contributed by atoms with van der Waals surface area (Å²) in [6.45, 7) is 6.82. The summed E-state index contributed by atoms with van der Waals surface area (Å²) in [5, 5.41) is 21.4. The molecule has 1 aliphatic heterocycles. The Kier molecular flexibility index (Phi) is 5.12. The zero-order valence-corrected chi connectivity index (χ0v) is 15.4. The number of fused-ring (bicyclic) bond motifs is 1. The highest BCUT2D eigenvalue weighted by molar-refractivity contribution is 5.25. The first-order valence-electron chi connectivity index (χ1n) is 9.14. The summed E-state index contributed by atoms with van der Waals surface area (Å²) in [5.74, 6) is 0.612. The topological polar surface area (TPSA) is 96.9 Å². The van der Waals surface area contributed by atoms with E-state index in [0.29, 0.717) is 19.0 Å². The quantitative estimate of drug-likeness (QED) is 0.637. The maximum atomic E-state index is 9.08. The molecule has 9 nitrogen and oxygen atoms in total. The van der Waals surface area contributed by atoms with Crippen molar-refractivity contribution in [2.24, 2.45) is 0 Å². The minimum atomic E-state index is 0.105. The van der Waals surface area contributed by atoms with Crippen LogP contribution in [0.1, 0.15) is 22.6 Å². The van der Waals surface area contributed by atoms with E-state index in [1.807, 2.05) is 17.8 Å². The summed E-state index contributed by atoms with van der Waals surface area (Å²) in [4.78, 5) is 10.7. The number of nitrogens with zero attached hydrogens (tertiary/aromatic N) is 7. The second-order valence-corrected chi connectivity index (χ2v) is 6.71. The maximum absolute atomic E-state index is 9.08. The summed E-state index contributed by atoms with van der Waals surface area (Å²) >= 11 is 0. The Morgan fingerprint density at radius 1 is 1.19 bits per heavy atom. The fraction of sp³-hybridized carbons (Fsp3) is 0.444. The molecule has 0 spiro atoms. The molecule has 0 radical (unpaired) electrons. The standard InChI is InChI=1S/C18H24N8O/c1-14-15(12-25(22-14)7-8-27)11-24-5-6-26-17(13-24)9-16(23-26)10-21-18-19-3-2-4-20-18/h2-4,9,12,27H,5-8,10-11,13H2,1H3,(H,19,20,21). The lowest BCUT2D eigenvalue weighted by Crippen LogP contribution is -2.33. The van der Waals surface area contributed by atoms with Crippen molar-refractivity contribution in [2.45, 2.75) is 39.6 Å². The van der Waals surface area contributed by atoms with Gasteiger partial charge >= 0.3 is 0 Å². The zero-order valence-electron chi connectivity index (χ0n) is 15.4. The van der Waals surface area contributed by atoms with Crippen LogP contribution in [-0.4, -0.2) is 52.7 Å². The minimum Gasteiger partial charge on any atom is -0.394 e. The summed E-state index contributed by atoms with van der Waals surface area (Å²) < 4.78 is 3.90. The number of hydrogen-bond acceptors (Lipinski definition) is 7. The van der Waals surface area contributed by atoms with Crippen molar-refractivity contribution < 1.29 is 5.11 Å². The Morgan fingerprint density at radius 3 is 2.85 bits per heavy atom. The van der Waals surface area contributed by atoms with Crippen molar-refractivity contribution in [3.8, 4) is 0 Å². The fourth-order valence-electron chi connectivity index (χ4n) is 3.33. The Labute approximate surface area is 157 Å². The second kappa shape index (κ2) is 7.85. The molecule has 0 bridgehead atoms. The second-order valence-electron chi connectivity index (χ2n) is 6.71. The summed E-state index contributed by atoms with van der Waals surface area (Å²) in [6, 6.07) is 3.94. The number of aliphatic hydroxyl groups is 1. The van der Waals surface area contributed by atoms with Gasteiger partial charge in [-0.3, -0.25) is 14.3 Å². The molecule has 0 fully saturated rings. The van der Waals surface area contributed by atoms with Crippen LogP contribution >= 0.6 is 0 Å². The molecule has 4 rings (SSSR count). The molecule has 0 saturated heterocycles. The zero-order chi connectivity index (χ0) is 18.6. The normalized spacial score (nSPS) is 14.3. The average molecular weight is 368 g/mol. The third-order valence-electron chi connectivity index (χ3n) is 4.69. The molecule has 2 N–H and O–H groups in total. The first kappa shape index (κ1) is 17.6. The SMILES string of the molecule is Cc1nn(CCO)cc1CN1CCn2nc(CNc3ncccn3)cc2C1. The number of rotatable bonds is 7. The number of hydrogen-bond donors (Lipinski definition) is 2. The van der Waals surface area contributed by atoms with Crippen molar-refractivity contribution in [3.63, 3.8) is 0 Å². The third-order valence-corrected chi connectivity index (χ3v) is 4.69. The van der Waals surface area contributed by atoms with Gasteiger partial charge in [-0.05, 0) is 19.1 Å². The van der Waals surface area contributed by atoms with E-state index in [-0.39, 0.29) is 6.61 Å². The van der Waals surface area contributed by atoms with Crippen LogP contribution in [0.3, 0.4) is 0 Å². The Bertz CT molecular complexity index is 888. The third kappa shape index (κ3) is 4.15. The van der Waals surface area contributed by atoms with Crippen molar-refractivity contribution in [2.75, 3.05) is 18.5 Å². The van der Waals surface area contributed by atoms with Crippen LogP contribution in [0.5, 0.6) is 0 Å². The van der Waals surface area contributed by atoms with Crippen LogP contribution < -0.4 is 5.32 Å². The van der Waals surface area contributed by atoms with E-state index in [1.54, 1.807) is 18.5 Å². The van der Waals surface area contributed by atoms with E-state index in [1.165, 1.54) is 11.3 Å². The molecule has 142 valence electrons. The molecule has 27 heavy (non-hydrogen) atoms. The molecule has 9 heteroatoms. The maximum Gasteiger partial charge on any atom is 0.222 e. The van der Waals surface area contributed by atoms with Crippen LogP contribution in [0.4, 0.5) is 5.95 Å². The minimum absolute atomic E-state index is 0.105. The van der Waals surface area contributed by atoms with Gasteiger partial charge in [-0.2, -0.15) is 10.2 Å². The van der Waals surface area contributed by atoms with Gasteiger partial charge in [0.2, 0.25) is 5.95 Å². The average Bonchev–Trinajstić information content (AvgIpc) is 3.24. The molecule has 4 heterocycles. The van der Waals surface area contributed by atoms with E-state index in [4.69, 9.17) is 5.11 Å². The van der Waals surface area contributed by atoms with Crippen LogP contribution in [0.25, 0.3) is 0 Å². The van der Waals surface area contributed by atoms with E-state index in [2.05, 4.69) is 41.1 Å². The fourth-order valence-corrected chi connectivity index (χ4v) is 3.33. The highest BCUT2D eigenvalue weighted by Crippen LogP contribution is 2.18. The van der Waals surface area contributed by atoms with Gasteiger partial charge in [-0.15, -0.1) is 0 Å². The van der Waals surface area contributed by atoms with E-state index < -0.39 is 0 Å². The highest BCUT2D eigenvalue weighted by atomic mass is 16.3. The molecule has 0 amide bonds. The molecule has 0 unspecified atom stereocenters. The predicted molar refractivity (Wildman–Crippen MR) is 99.7 cm³/mol. The van der Waals surface area contributed by atoms with Crippen molar-refractivity contribution in [3.05, 3.63) is 53.4 Å². The number of aromatic nitrogens is 6. The smallest absolute Gasteiger partial charge is 0.222 e. The molecule has 0 atom stereocenters. The largest absolute Gasteiger partial charge is 0.394 e. The van der Waals surface area contributed by atoms with E-state index in [9.17, 15) is 0 Å². The van der Waals surface area contributed by atoms with Crippen LogP contribution in [0.2, 0.25) is 0 Å². The van der Waals surface area contributed by atoms with Gasteiger partial charge in [-0.25, -0.2) is 9.97 Å². The van der Waals surface area contributed by atoms with Crippen LogP contribution in [0, 0.1) is 6.92 Å². The van der Waals surface area contributed by atoms with Crippen LogP contribution in [-0.2, 0) is 32.7 Å². The molecule has 3 aromatic rings. The number of nitrogens with one attached hydrogen (secondary N) is 1. The molecule has 1 aliphatic rings. The Hall–Kier alpha value is -2.78. The molecule has 3 aromatic heterocycles. The van der Waals surface area contributed by atoms with Gasteiger partial charge in [0, 0.05) is 43.8 Å². The lowest BCUT2D eigenvalue weighted by atomic mass is 10.2. The summed E-state index contributed by atoms with van der Waals surface area (Å²) in [7, 11) is 0. The monoisotopic (exact) mass is 368 g/mol. The van der Waals surface area contributed by atoms with Crippen LogP contribution in [0.15, 0.2) is 30.7 Å². The van der Waals surface area contributed by atoms with Gasteiger partial charge < -0.3 is 10.4 Å². The lowest BCUT2D eigenvalue weighted by molar-refractivity contribution is 0.204. The van der Waals surface area contributed by atoms with Crippen molar-refractivity contribution in [1.82, 2.24) is 34.4 Å². The highest BCUT2D eigenvalue weighted by Gasteiger charge is 2.20. The van der Waals surface area contributed by atoms with Crippen molar-refractivity contribution >= 4 is 5.95 Å². The van der Waals surface area contributed by atoms with Gasteiger partial charge in [0.15, 0.2) is 0 Å². The molecular formula is C18H24N8O. The van der Waals surface area contributed by atoms with E-state index >= 15 is 0 Å². The summed E-state index contributed by atoms with van der Waals surface area (Å²) in [5.41, 5.74) is 4.44. The first-order chi connectivity index (χ1) is 13.2. The first-order valence-corrected chi connectivity index (χ1v) is 9.14. The number of aryl methyl sites for hydroxylation is 1. The van der Waals surface area contributed by atoms with E-state index in [0.717, 1.165) is 37.6 Å². The lowest BCUT2D eigenvalue weighted by Gasteiger charge is -2.27. The van der Waals surface area contributed by atoms with Crippen molar-refractivity contribution in [1.29, 1.82) is 0 Å². The number of anilines is 1. The Morgan fingerprint density at radius 2 is 2.04 bits per heavy atom. The van der Waals surface area contributed by atoms with Gasteiger partial charge in [0.05, 0.1) is 43.3 Å². The molecule has 0 saturated carbocycles.